The Morgan fingerprint density at radius 3 is 3.27 bits per heavy atom. The van der Waals surface area contributed by atoms with Crippen LogP contribution in [0.5, 0.6) is 0 Å². The summed E-state index contributed by atoms with van der Waals surface area (Å²) in [4.78, 5) is 0. The van der Waals surface area contributed by atoms with Gasteiger partial charge in [0.15, 0.2) is 0 Å². The number of rotatable bonds is 2. The summed E-state index contributed by atoms with van der Waals surface area (Å²) in [6.07, 6.45) is 9.78. The first-order valence-corrected chi connectivity index (χ1v) is 3.63. The molecule has 0 aliphatic carbocycles. The van der Waals surface area contributed by atoms with E-state index in [2.05, 4.69) is 5.92 Å². The number of hydrogen-bond donors (Lipinski definition) is 0. The Hall–Kier alpha value is -0.780. The maximum absolute atomic E-state index is 5.37. The maximum Gasteiger partial charge on any atom is 0.102 e. The fraction of sp³-hybridized carbons (Fsp3) is 0.556. The molecule has 11 heavy (non-hydrogen) atoms. The molecule has 0 fully saturated rings. The minimum Gasteiger partial charge on any atom is -0.375 e. The van der Waals surface area contributed by atoms with E-state index in [1.54, 1.807) is 7.11 Å². The third kappa shape index (κ3) is 2.07. The van der Waals surface area contributed by atoms with Gasteiger partial charge in [-0.15, -0.1) is 12.3 Å². The SMILES string of the molecule is C#CC[C@@H]1OCC=CC1OC. The van der Waals surface area contributed by atoms with Gasteiger partial charge in [-0.05, 0) is 0 Å². The molecule has 1 unspecified atom stereocenters. The quantitative estimate of drug-likeness (QED) is 0.434. The Bertz CT molecular complexity index is 178. The molecule has 1 aliphatic rings. The van der Waals surface area contributed by atoms with Gasteiger partial charge >= 0.3 is 0 Å². The fourth-order valence-electron chi connectivity index (χ4n) is 1.11. The van der Waals surface area contributed by atoms with Crippen LogP contribution in [0, 0.1) is 12.3 Å². The van der Waals surface area contributed by atoms with Crippen LogP contribution in [0.3, 0.4) is 0 Å². The van der Waals surface area contributed by atoms with Crippen molar-refractivity contribution in [3.05, 3.63) is 12.2 Å². The smallest absolute Gasteiger partial charge is 0.102 e. The van der Waals surface area contributed by atoms with E-state index < -0.39 is 0 Å². The summed E-state index contributed by atoms with van der Waals surface area (Å²) in [6, 6.07) is 0. The summed E-state index contributed by atoms with van der Waals surface area (Å²) >= 11 is 0. The van der Waals surface area contributed by atoms with Crippen molar-refractivity contribution in [1.29, 1.82) is 0 Å². The van der Waals surface area contributed by atoms with Crippen LogP contribution in [0.15, 0.2) is 12.2 Å². The Labute approximate surface area is 67.2 Å². The third-order valence-electron chi connectivity index (χ3n) is 1.69. The number of terminal acetylenes is 1. The molecule has 2 heteroatoms. The summed E-state index contributed by atoms with van der Waals surface area (Å²) in [7, 11) is 1.66. The lowest BCUT2D eigenvalue weighted by molar-refractivity contribution is -0.0317. The van der Waals surface area contributed by atoms with Gasteiger partial charge in [-0.1, -0.05) is 12.2 Å². The summed E-state index contributed by atoms with van der Waals surface area (Å²) in [6.45, 7) is 0.645. The van der Waals surface area contributed by atoms with Crippen molar-refractivity contribution in [2.45, 2.75) is 18.6 Å². The van der Waals surface area contributed by atoms with Crippen molar-refractivity contribution < 1.29 is 9.47 Å². The Morgan fingerprint density at radius 2 is 2.64 bits per heavy atom. The molecule has 0 radical (unpaired) electrons. The Kier molecular flexibility index (Phi) is 3.15. The number of hydrogen-bond acceptors (Lipinski definition) is 2. The van der Waals surface area contributed by atoms with E-state index in [0.717, 1.165) is 0 Å². The van der Waals surface area contributed by atoms with Gasteiger partial charge in [0, 0.05) is 13.5 Å². The van der Waals surface area contributed by atoms with Crippen LogP contribution in [-0.4, -0.2) is 25.9 Å². The second-order valence-corrected chi connectivity index (χ2v) is 2.41. The van der Waals surface area contributed by atoms with Crippen molar-refractivity contribution in [2.24, 2.45) is 0 Å². The zero-order valence-corrected chi connectivity index (χ0v) is 6.62. The molecule has 0 saturated carbocycles. The van der Waals surface area contributed by atoms with Crippen LogP contribution in [0.25, 0.3) is 0 Å². The van der Waals surface area contributed by atoms with E-state index in [9.17, 15) is 0 Å². The van der Waals surface area contributed by atoms with Gasteiger partial charge in [-0.2, -0.15) is 0 Å². The van der Waals surface area contributed by atoms with E-state index in [0.29, 0.717) is 13.0 Å². The molecule has 0 bridgehead atoms. The molecule has 0 N–H and O–H groups in total. The van der Waals surface area contributed by atoms with E-state index in [1.807, 2.05) is 12.2 Å². The van der Waals surface area contributed by atoms with Crippen LogP contribution < -0.4 is 0 Å². The summed E-state index contributed by atoms with van der Waals surface area (Å²) in [5.41, 5.74) is 0. The lowest BCUT2D eigenvalue weighted by Gasteiger charge is -2.24. The van der Waals surface area contributed by atoms with Crippen molar-refractivity contribution >= 4 is 0 Å². The number of ether oxygens (including phenoxy) is 2. The van der Waals surface area contributed by atoms with Crippen LogP contribution in [0.4, 0.5) is 0 Å². The van der Waals surface area contributed by atoms with Gasteiger partial charge in [-0.25, -0.2) is 0 Å². The molecular weight excluding hydrogens is 140 g/mol. The lowest BCUT2D eigenvalue weighted by Crippen LogP contribution is -2.31. The second kappa shape index (κ2) is 4.17. The summed E-state index contributed by atoms with van der Waals surface area (Å²) < 4.78 is 10.5. The molecule has 1 aliphatic heterocycles. The van der Waals surface area contributed by atoms with Crippen molar-refractivity contribution in [2.75, 3.05) is 13.7 Å². The van der Waals surface area contributed by atoms with Gasteiger partial charge in [0.25, 0.3) is 0 Å². The summed E-state index contributed by atoms with van der Waals surface area (Å²) in [5, 5.41) is 0. The first kappa shape index (κ1) is 8.32. The highest BCUT2D eigenvalue weighted by molar-refractivity contribution is 5.02. The Balaban J connectivity index is 2.50. The molecule has 1 rings (SSSR count). The normalized spacial score (nSPS) is 29.8. The minimum atomic E-state index is 0.0276. The third-order valence-corrected chi connectivity index (χ3v) is 1.69. The second-order valence-electron chi connectivity index (χ2n) is 2.41. The fourth-order valence-corrected chi connectivity index (χ4v) is 1.11. The van der Waals surface area contributed by atoms with Crippen molar-refractivity contribution in [3.8, 4) is 12.3 Å². The first-order chi connectivity index (χ1) is 5.38. The topological polar surface area (TPSA) is 18.5 Å². The molecule has 0 spiro atoms. The van der Waals surface area contributed by atoms with Crippen molar-refractivity contribution in [1.82, 2.24) is 0 Å². The van der Waals surface area contributed by atoms with Crippen LogP contribution >= 0.6 is 0 Å². The van der Waals surface area contributed by atoms with E-state index in [-0.39, 0.29) is 12.2 Å². The molecule has 1 heterocycles. The maximum atomic E-state index is 5.37. The highest BCUT2D eigenvalue weighted by Crippen LogP contribution is 2.12. The molecule has 0 aromatic heterocycles. The lowest BCUT2D eigenvalue weighted by atomic mass is 10.1. The van der Waals surface area contributed by atoms with Gasteiger partial charge < -0.3 is 9.47 Å². The molecule has 2 nitrogen and oxygen atoms in total. The molecule has 0 aromatic carbocycles. The molecule has 2 atom stereocenters. The van der Waals surface area contributed by atoms with E-state index in [4.69, 9.17) is 15.9 Å². The van der Waals surface area contributed by atoms with Crippen molar-refractivity contribution in [3.63, 3.8) is 0 Å². The van der Waals surface area contributed by atoms with Gasteiger partial charge in [-0.3, -0.25) is 0 Å². The predicted molar refractivity (Wildman–Crippen MR) is 43.1 cm³/mol. The highest BCUT2D eigenvalue weighted by Gasteiger charge is 2.20. The summed E-state index contributed by atoms with van der Waals surface area (Å²) in [5.74, 6) is 2.56. The molecular formula is C9H12O2. The van der Waals surface area contributed by atoms with Crippen LogP contribution in [0.2, 0.25) is 0 Å². The zero-order chi connectivity index (χ0) is 8.10. The molecule has 0 aromatic rings. The predicted octanol–water partition coefficient (Wildman–Crippen LogP) is 0.980. The minimum absolute atomic E-state index is 0.0276. The van der Waals surface area contributed by atoms with E-state index in [1.165, 1.54) is 0 Å². The van der Waals surface area contributed by atoms with Gasteiger partial charge in [0.2, 0.25) is 0 Å². The monoisotopic (exact) mass is 152 g/mol. The molecule has 0 saturated heterocycles. The highest BCUT2D eigenvalue weighted by atomic mass is 16.5. The first-order valence-electron chi connectivity index (χ1n) is 3.63. The molecule has 0 amide bonds. The number of methoxy groups -OCH3 is 1. The van der Waals surface area contributed by atoms with Crippen LogP contribution in [0.1, 0.15) is 6.42 Å². The average Bonchev–Trinajstić information content (AvgIpc) is 2.06. The zero-order valence-electron chi connectivity index (χ0n) is 6.62. The largest absolute Gasteiger partial charge is 0.375 e. The Morgan fingerprint density at radius 1 is 1.82 bits per heavy atom. The van der Waals surface area contributed by atoms with Gasteiger partial charge in [0.1, 0.15) is 6.10 Å². The van der Waals surface area contributed by atoms with Gasteiger partial charge in [0.05, 0.1) is 12.7 Å². The molecule has 60 valence electrons. The van der Waals surface area contributed by atoms with E-state index >= 15 is 0 Å². The average molecular weight is 152 g/mol. The standard InChI is InChI=1S/C9H12O2/c1-3-5-9-8(10-2)6-4-7-11-9/h1,4,6,8-9H,5,7H2,2H3/t8?,9-/m0/s1. The van der Waals surface area contributed by atoms with Crippen LogP contribution in [-0.2, 0) is 9.47 Å².